The lowest BCUT2D eigenvalue weighted by molar-refractivity contribution is -0.138. The summed E-state index contributed by atoms with van der Waals surface area (Å²) in [6.45, 7) is 3.96. The third-order valence-electron chi connectivity index (χ3n) is 7.86. The number of hydrogen-bond acceptors (Lipinski definition) is 1. The van der Waals surface area contributed by atoms with E-state index in [0.717, 1.165) is 43.7 Å². The standard InChI is InChI=1S/C32H35F3O/c1-3-28(22(2)18-23-10-6-4-7-11-23)31(36)27-16-17-29(30(21-27)32(33,34)35)26-15-14-25(20-26)19-24-12-8-5-9-13-24/h4-13,16-17,21-22,25-26,28H,3,14-15,18-20H2,1-2H3/t22-,25+,26+,28?/m1/s1. The van der Waals surface area contributed by atoms with E-state index in [0.29, 0.717) is 17.9 Å². The Labute approximate surface area is 212 Å². The van der Waals surface area contributed by atoms with Gasteiger partial charge in [-0.05, 0) is 79.0 Å². The fraction of sp³-hybridized carbons (Fsp3) is 0.406. The summed E-state index contributed by atoms with van der Waals surface area (Å²) < 4.78 is 42.6. The smallest absolute Gasteiger partial charge is 0.294 e. The van der Waals surface area contributed by atoms with Gasteiger partial charge in [-0.25, -0.2) is 0 Å². The number of carbonyl (C=O) groups excluding carboxylic acids is 1. The minimum Gasteiger partial charge on any atom is -0.294 e. The number of halogens is 3. The van der Waals surface area contributed by atoms with Crippen molar-refractivity contribution in [1.82, 2.24) is 0 Å². The van der Waals surface area contributed by atoms with Gasteiger partial charge in [-0.2, -0.15) is 13.2 Å². The number of rotatable bonds is 9. The van der Waals surface area contributed by atoms with Crippen LogP contribution >= 0.6 is 0 Å². The van der Waals surface area contributed by atoms with E-state index in [1.165, 1.54) is 5.56 Å². The van der Waals surface area contributed by atoms with Crippen molar-refractivity contribution in [1.29, 1.82) is 0 Å². The van der Waals surface area contributed by atoms with Gasteiger partial charge in [0.1, 0.15) is 0 Å². The van der Waals surface area contributed by atoms with Crippen LogP contribution < -0.4 is 0 Å². The Morgan fingerprint density at radius 2 is 1.56 bits per heavy atom. The van der Waals surface area contributed by atoms with Gasteiger partial charge >= 0.3 is 6.18 Å². The maximum Gasteiger partial charge on any atom is 0.416 e. The van der Waals surface area contributed by atoms with E-state index in [1.54, 1.807) is 12.1 Å². The van der Waals surface area contributed by atoms with Crippen LogP contribution in [-0.2, 0) is 19.0 Å². The summed E-state index contributed by atoms with van der Waals surface area (Å²) in [6.07, 6.45) is 0.149. The van der Waals surface area contributed by atoms with Gasteiger partial charge in [0, 0.05) is 11.5 Å². The molecule has 0 aliphatic heterocycles. The summed E-state index contributed by atoms with van der Waals surface area (Å²) >= 11 is 0. The lowest BCUT2D eigenvalue weighted by atomic mass is 9.80. The first-order valence-corrected chi connectivity index (χ1v) is 13.1. The predicted molar refractivity (Wildman–Crippen MR) is 139 cm³/mol. The predicted octanol–water partition coefficient (Wildman–Crippen LogP) is 8.92. The van der Waals surface area contributed by atoms with E-state index in [1.807, 2.05) is 62.4 Å². The van der Waals surface area contributed by atoms with Crippen LogP contribution in [0.5, 0.6) is 0 Å². The monoisotopic (exact) mass is 492 g/mol. The molecule has 1 aliphatic rings. The summed E-state index contributed by atoms with van der Waals surface area (Å²) in [5.41, 5.74) is 2.25. The van der Waals surface area contributed by atoms with Crippen molar-refractivity contribution in [3.63, 3.8) is 0 Å². The van der Waals surface area contributed by atoms with Crippen molar-refractivity contribution in [2.75, 3.05) is 0 Å². The number of Topliss-reactive ketones (excluding diaryl/α,β-unsaturated/α-hetero) is 1. The molecule has 0 amide bonds. The minimum absolute atomic E-state index is 0.0347. The average Bonchev–Trinajstić information content (AvgIpc) is 3.33. The van der Waals surface area contributed by atoms with Crippen LogP contribution in [0.2, 0.25) is 0 Å². The maximum absolute atomic E-state index is 14.2. The quantitative estimate of drug-likeness (QED) is 0.273. The first-order valence-electron chi connectivity index (χ1n) is 13.1. The molecule has 0 N–H and O–H groups in total. The molecule has 0 bridgehead atoms. The van der Waals surface area contributed by atoms with Crippen LogP contribution in [0.15, 0.2) is 78.9 Å². The molecule has 3 aromatic rings. The minimum atomic E-state index is -4.49. The van der Waals surface area contributed by atoms with E-state index in [-0.39, 0.29) is 29.1 Å². The van der Waals surface area contributed by atoms with Crippen molar-refractivity contribution in [3.05, 3.63) is 107 Å². The highest BCUT2D eigenvalue weighted by Crippen LogP contribution is 2.45. The van der Waals surface area contributed by atoms with Crippen molar-refractivity contribution in [2.45, 2.75) is 64.5 Å². The van der Waals surface area contributed by atoms with E-state index < -0.39 is 11.7 Å². The van der Waals surface area contributed by atoms with Crippen LogP contribution in [0.1, 0.15) is 78.1 Å². The Balaban J connectivity index is 1.53. The third kappa shape index (κ3) is 6.27. The highest BCUT2D eigenvalue weighted by Gasteiger charge is 2.38. The van der Waals surface area contributed by atoms with E-state index >= 15 is 0 Å². The molecule has 1 aliphatic carbocycles. The number of hydrogen-bond donors (Lipinski definition) is 0. The van der Waals surface area contributed by atoms with E-state index in [4.69, 9.17) is 0 Å². The van der Waals surface area contributed by atoms with Crippen molar-refractivity contribution in [2.24, 2.45) is 17.8 Å². The summed E-state index contributed by atoms with van der Waals surface area (Å²) in [5, 5.41) is 0. The lowest BCUT2D eigenvalue weighted by Gasteiger charge is -2.24. The van der Waals surface area contributed by atoms with Crippen LogP contribution in [0.25, 0.3) is 0 Å². The summed E-state index contributed by atoms with van der Waals surface area (Å²) in [6, 6.07) is 24.4. The largest absolute Gasteiger partial charge is 0.416 e. The summed E-state index contributed by atoms with van der Waals surface area (Å²) in [7, 11) is 0. The Morgan fingerprint density at radius 3 is 2.17 bits per heavy atom. The number of carbonyl (C=O) groups is 1. The molecule has 4 atom stereocenters. The van der Waals surface area contributed by atoms with Gasteiger partial charge in [0.05, 0.1) is 5.56 Å². The van der Waals surface area contributed by atoms with Gasteiger partial charge in [-0.15, -0.1) is 0 Å². The fourth-order valence-electron chi connectivity index (χ4n) is 5.99. The first kappa shape index (κ1) is 26.2. The van der Waals surface area contributed by atoms with Crippen LogP contribution in [0, 0.1) is 17.8 Å². The van der Waals surface area contributed by atoms with Gasteiger partial charge in [0.25, 0.3) is 0 Å². The second-order valence-electron chi connectivity index (χ2n) is 10.4. The molecule has 0 heterocycles. The third-order valence-corrected chi connectivity index (χ3v) is 7.86. The molecule has 0 spiro atoms. The van der Waals surface area contributed by atoms with E-state index in [9.17, 15) is 18.0 Å². The van der Waals surface area contributed by atoms with Crippen LogP contribution in [0.3, 0.4) is 0 Å². The highest BCUT2D eigenvalue weighted by atomic mass is 19.4. The van der Waals surface area contributed by atoms with Gasteiger partial charge in [-0.1, -0.05) is 86.6 Å². The highest BCUT2D eigenvalue weighted by molar-refractivity contribution is 5.98. The zero-order valence-electron chi connectivity index (χ0n) is 21.1. The number of alkyl halides is 3. The van der Waals surface area contributed by atoms with Crippen molar-refractivity contribution < 1.29 is 18.0 Å². The normalized spacial score (nSPS) is 19.7. The molecule has 1 fully saturated rings. The number of benzene rings is 3. The Kier molecular flexibility index (Phi) is 8.33. The Hall–Kier alpha value is -2.88. The van der Waals surface area contributed by atoms with Gasteiger partial charge in [0.15, 0.2) is 5.78 Å². The first-order chi connectivity index (χ1) is 17.3. The summed E-state index contributed by atoms with van der Waals surface area (Å²) in [5.74, 6) is -0.223. The Bertz CT molecular complexity index is 1140. The van der Waals surface area contributed by atoms with Gasteiger partial charge in [0.2, 0.25) is 0 Å². The lowest BCUT2D eigenvalue weighted by Crippen LogP contribution is -2.24. The fourth-order valence-corrected chi connectivity index (χ4v) is 5.99. The van der Waals surface area contributed by atoms with Crippen molar-refractivity contribution in [3.8, 4) is 0 Å². The molecular weight excluding hydrogens is 457 g/mol. The molecule has 1 nitrogen and oxygen atoms in total. The van der Waals surface area contributed by atoms with Crippen LogP contribution in [-0.4, -0.2) is 5.78 Å². The molecule has 0 radical (unpaired) electrons. The molecule has 36 heavy (non-hydrogen) atoms. The zero-order chi connectivity index (χ0) is 25.7. The molecule has 1 unspecified atom stereocenters. The topological polar surface area (TPSA) is 17.1 Å². The van der Waals surface area contributed by atoms with Gasteiger partial charge in [-0.3, -0.25) is 4.79 Å². The number of ketones is 1. The molecule has 0 aromatic heterocycles. The molecule has 0 saturated heterocycles. The second kappa shape index (κ2) is 11.5. The van der Waals surface area contributed by atoms with Gasteiger partial charge < -0.3 is 0 Å². The maximum atomic E-state index is 14.2. The molecule has 4 rings (SSSR count). The Morgan fingerprint density at radius 1 is 0.917 bits per heavy atom. The molecule has 190 valence electrons. The summed E-state index contributed by atoms with van der Waals surface area (Å²) in [4.78, 5) is 13.4. The average molecular weight is 493 g/mol. The molecule has 4 heteroatoms. The second-order valence-corrected chi connectivity index (χ2v) is 10.4. The molecule has 3 aromatic carbocycles. The molecule has 1 saturated carbocycles. The van der Waals surface area contributed by atoms with Crippen molar-refractivity contribution >= 4 is 5.78 Å². The zero-order valence-corrected chi connectivity index (χ0v) is 21.1. The SMILES string of the molecule is CCC(C(=O)c1ccc([C@H]2CC[C@@H](Cc3ccccc3)C2)c(C(F)(F)F)c1)[C@H](C)Cc1ccccc1. The van der Waals surface area contributed by atoms with E-state index in [2.05, 4.69) is 12.1 Å². The van der Waals surface area contributed by atoms with Crippen LogP contribution in [0.4, 0.5) is 13.2 Å². The molecular formula is C32H35F3O.